The molecule has 4 nitrogen and oxygen atoms in total. The summed E-state index contributed by atoms with van der Waals surface area (Å²) in [6.07, 6.45) is 0.821. The molecule has 2 heterocycles. The van der Waals surface area contributed by atoms with E-state index in [4.69, 9.17) is 5.84 Å². The summed E-state index contributed by atoms with van der Waals surface area (Å²) >= 11 is 1.66. The molecule has 0 aromatic carbocycles. The van der Waals surface area contributed by atoms with Gasteiger partial charge in [-0.2, -0.15) is 0 Å². The number of hydrazine groups is 1. The van der Waals surface area contributed by atoms with Crippen LogP contribution in [0.1, 0.15) is 17.6 Å². The van der Waals surface area contributed by atoms with E-state index < -0.39 is 0 Å². The molecule has 0 amide bonds. The Balaban J connectivity index is 2.72. The number of anilines is 1. The minimum Gasteiger partial charge on any atom is -0.308 e. The van der Waals surface area contributed by atoms with Crippen LogP contribution in [-0.2, 0) is 6.42 Å². The van der Waals surface area contributed by atoms with E-state index in [1.54, 1.807) is 11.3 Å². The van der Waals surface area contributed by atoms with E-state index in [2.05, 4.69) is 28.4 Å². The Labute approximate surface area is 86.1 Å². The van der Waals surface area contributed by atoms with Gasteiger partial charge in [0.15, 0.2) is 5.82 Å². The zero-order chi connectivity index (χ0) is 10.1. The first kappa shape index (κ1) is 9.36. The Kier molecular flexibility index (Phi) is 2.35. The number of fused-ring (bicyclic) bond motifs is 1. The Morgan fingerprint density at radius 2 is 2.29 bits per heavy atom. The van der Waals surface area contributed by atoms with Gasteiger partial charge in [0.1, 0.15) is 10.7 Å². The first-order chi connectivity index (χ1) is 6.74. The maximum absolute atomic E-state index is 5.41. The maximum atomic E-state index is 5.41. The average molecular weight is 208 g/mol. The highest BCUT2D eigenvalue weighted by atomic mass is 32.1. The zero-order valence-corrected chi connectivity index (χ0v) is 8.98. The van der Waals surface area contributed by atoms with E-state index in [9.17, 15) is 0 Å². The number of rotatable bonds is 2. The highest BCUT2D eigenvalue weighted by Gasteiger charge is 2.08. The van der Waals surface area contributed by atoms with Gasteiger partial charge in [0, 0.05) is 11.3 Å². The fourth-order valence-corrected chi connectivity index (χ4v) is 2.25. The Morgan fingerprint density at radius 3 is 2.93 bits per heavy atom. The van der Waals surface area contributed by atoms with Crippen LogP contribution in [0.2, 0.25) is 0 Å². The van der Waals surface area contributed by atoms with Gasteiger partial charge < -0.3 is 5.43 Å². The summed E-state index contributed by atoms with van der Waals surface area (Å²) in [4.78, 5) is 11.0. The van der Waals surface area contributed by atoms with Crippen molar-refractivity contribution in [2.75, 3.05) is 5.43 Å². The van der Waals surface area contributed by atoms with Crippen molar-refractivity contribution in [3.8, 4) is 0 Å². The Bertz CT molecular complexity index is 463. The molecule has 0 atom stereocenters. The number of nitrogens with zero attached hydrogens (tertiary/aromatic N) is 2. The number of hydrogen-bond acceptors (Lipinski definition) is 5. The molecule has 0 unspecified atom stereocenters. The quantitative estimate of drug-likeness (QED) is 0.584. The second-order valence-electron chi connectivity index (χ2n) is 3.06. The van der Waals surface area contributed by atoms with Gasteiger partial charge >= 0.3 is 0 Å². The molecule has 0 aliphatic carbocycles. The van der Waals surface area contributed by atoms with E-state index in [1.807, 2.05) is 6.92 Å². The Morgan fingerprint density at radius 1 is 1.50 bits per heavy atom. The molecule has 0 radical (unpaired) electrons. The normalized spacial score (nSPS) is 10.8. The van der Waals surface area contributed by atoms with Crippen LogP contribution in [0.5, 0.6) is 0 Å². The maximum Gasteiger partial charge on any atom is 0.152 e. The second kappa shape index (κ2) is 3.51. The summed E-state index contributed by atoms with van der Waals surface area (Å²) in [7, 11) is 0. The van der Waals surface area contributed by atoms with Crippen molar-refractivity contribution in [1.29, 1.82) is 0 Å². The first-order valence-electron chi connectivity index (χ1n) is 4.48. The fraction of sp³-hybridized carbons (Fsp3) is 0.333. The number of nitrogens with one attached hydrogen (secondary N) is 1. The van der Waals surface area contributed by atoms with Crippen molar-refractivity contribution in [2.45, 2.75) is 20.3 Å². The minimum atomic E-state index is 0.719. The predicted molar refractivity (Wildman–Crippen MR) is 59.3 cm³/mol. The molecule has 14 heavy (non-hydrogen) atoms. The van der Waals surface area contributed by atoms with Gasteiger partial charge in [-0.1, -0.05) is 6.92 Å². The van der Waals surface area contributed by atoms with Crippen molar-refractivity contribution >= 4 is 27.4 Å². The van der Waals surface area contributed by atoms with Gasteiger partial charge in [0.2, 0.25) is 0 Å². The van der Waals surface area contributed by atoms with E-state index in [1.165, 1.54) is 4.88 Å². The monoisotopic (exact) mass is 208 g/mol. The van der Waals surface area contributed by atoms with Crippen molar-refractivity contribution in [3.63, 3.8) is 0 Å². The van der Waals surface area contributed by atoms with Gasteiger partial charge in [0.25, 0.3) is 0 Å². The molecule has 3 N–H and O–H groups in total. The van der Waals surface area contributed by atoms with E-state index >= 15 is 0 Å². The summed E-state index contributed by atoms with van der Waals surface area (Å²) in [5, 5.41) is 1.01. The number of hydrogen-bond donors (Lipinski definition) is 2. The lowest BCUT2D eigenvalue weighted by Gasteiger charge is -2.02. The highest BCUT2D eigenvalue weighted by molar-refractivity contribution is 7.18. The van der Waals surface area contributed by atoms with Crippen LogP contribution in [0.4, 0.5) is 5.82 Å². The van der Waals surface area contributed by atoms with Crippen LogP contribution in [0.15, 0.2) is 6.07 Å². The third kappa shape index (κ3) is 1.44. The van der Waals surface area contributed by atoms with Crippen LogP contribution in [0.3, 0.4) is 0 Å². The molecule has 5 heteroatoms. The van der Waals surface area contributed by atoms with Crippen LogP contribution in [-0.4, -0.2) is 9.97 Å². The molecule has 2 rings (SSSR count). The number of aromatic nitrogens is 2. The average Bonchev–Trinajstić information content (AvgIpc) is 2.56. The molecule has 0 bridgehead atoms. The van der Waals surface area contributed by atoms with Gasteiger partial charge in [-0.25, -0.2) is 15.8 Å². The third-order valence-electron chi connectivity index (χ3n) is 2.02. The van der Waals surface area contributed by atoms with Gasteiger partial charge in [0.05, 0.1) is 5.39 Å². The highest BCUT2D eigenvalue weighted by Crippen LogP contribution is 2.27. The number of aryl methyl sites for hydroxylation is 2. The van der Waals surface area contributed by atoms with Crippen LogP contribution in [0.25, 0.3) is 10.2 Å². The summed E-state index contributed by atoms with van der Waals surface area (Å²) in [6.45, 7) is 4.08. The predicted octanol–water partition coefficient (Wildman–Crippen LogP) is 1.85. The summed E-state index contributed by atoms with van der Waals surface area (Å²) < 4.78 is 0. The summed E-state index contributed by atoms with van der Waals surface area (Å²) in [5.41, 5.74) is 2.61. The molecule has 0 saturated carbocycles. The van der Waals surface area contributed by atoms with Crippen LogP contribution < -0.4 is 11.3 Å². The molecular formula is C9H12N4S. The van der Waals surface area contributed by atoms with Gasteiger partial charge in [-0.05, 0) is 13.0 Å². The molecular weight excluding hydrogens is 196 g/mol. The minimum absolute atomic E-state index is 0.719. The largest absolute Gasteiger partial charge is 0.308 e. The number of thiophene rings is 1. The molecule has 0 aliphatic rings. The Hall–Kier alpha value is -1.20. The molecule has 0 fully saturated rings. The molecule has 0 aliphatic heterocycles. The van der Waals surface area contributed by atoms with Crippen LogP contribution in [0, 0.1) is 6.92 Å². The topological polar surface area (TPSA) is 63.8 Å². The molecule has 2 aromatic rings. The molecule has 2 aromatic heterocycles. The number of nitrogen functional groups attached to an aromatic ring is 1. The first-order valence-corrected chi connectivity index (χ1v) is 5.30. The van der Waals surface area contributed by atoms with Gasteiger partial charge in [-0.3, -0.25) is 0 Å². The zero-order valence-electron chi connectivity index (χ0n) is 8.16. The fourth-order valence-electron chi connectivity index (χ4n) is 1.35. The van der Waals surface area contributed by atoms with Gasteiger partial charge in [-0.15, -0.1) is 11.3 Å². The van der Waals surface area contributed by atoms with E-state index in [0.29, 0.717) is 0 Å². The van der Waals surface area contributed by atoms with Crippen molar-refractivity contribution in [1.82, 2.24) is 9.97 Å². The van der Waals surface area contributed by atoms with E-state index in [-0.39, 0.29) is 0 Å². The van der Waals surface area contributed by atoms with Crippen LogP contribution >= 0.6 is 11.3 Å². The third-order valence-corrected chi connectivity index (χ3v) is 2.96. The van der Waals surface area contributed by atoms with E-state index in [0.717, 1.165) is 28.3 Å². The second-order valence-corrected chi connectivity index (χ2v) is 4.30. The standard InChI is InChI=1S/C9H12N4S/c1-3-7-11-8(13-10)6-4-5(2)14-9(6)12-7/h4H,3,10H2,1-2H3,(H,11,12,13). The SMILES string of the molecule is CCc1nc(NN)c2cc(C)sc2n1. The smallest absolute Gasteiger partial charge is 0.152 e. The molecule has 0 spiro atoms. The lowest BCUT2D eigenvalue weighted by Crippen LogP contribution is -2.10. The lowest BCUT2D eigenvalue weighted by atomic mass is 10.3. The molecule has 0 saturated heterocycles. The number of nitrogens with two attached hydrogens (primary N) is 1. The van der Waals surface area contributed by atoms with Crippen molar-refractivity contribution < 1.29 is 0 Å². The molecule has 74 valence electrons. The lowest BCUT2D eigenvalue weighted by molar-refractivity contribution is 0.962. The summed E-state index contributed by atoms with van der Waals surface area (Å²) in [5.74, 6) is 6.96. The summed E-state index contributed by atoms with van der Waals surface area (Å²) in [6, 6.07) is 2.05. The van der Waals surface area contributed by atoms with Crippen molar-refractivity contribution in [2.24, 2.45) is 5.84 Å². The van der Waals surface area contributed by atoms with Crippen molar-refractivity contribution in [3.05, 3.63) is 16.8 Å².